The second kappa shape index (κ2) is 5.89. The molecule has 1 aromatic heterocycles. The highest BCUT2D eigenvalue weighted by Gasteiger charge is 2.33. The molecule has 5 heteroatoms. The minimum Gasteiger partial charge on any atom is -0.391 e. The summed E-state index contributed by atoms with van der Waals surface area (Å²) in [5.74, 6) is 0.0824. The summed E-state index contributed by atoms with van der Waals surface area (Å²) in [6.45, 7) is 3.20. The van der Waals surface area contributed by atoms with Gasteiger partial charge in [-0.1, -0.05) is 0 Å². The quantitative estimate of drug-likeness (QED) is 0.865. The van der Waals surface area contributed by atoms with E-state index >= 15 is 0 Å². The van der Waals surface area contributed by atoms with Crippen molar-refractivity contribution in [1.82, 2.24) is 14.8 Å². The van der Waals surface area contributed by atoms with E-state index in [0.717, 1.165) is 45.4 Å². The van der Waals surface area contributed by atoms with Gasteiger partial charge in [-0.05, 0) is 31.4 Å². The number of hydrogen-bond acceptors (Lipinski definition) is 4. The lowest BCUT2D eigenvalue weighted by atomic mass is 10.1. The molecule has 2 fully saturated rings. The van der Waals surface area contributed by atoms with Gasteiger partial charge >= 0.3 is 0 Å². The highest BCUT2D eigenvalue weighted by molar-refractivity contribution is 5.94. The smallest absolute Gasteiger partial charge is 0.254 e. The molecule has 1 saturated carbocycles. The van der Waals surface area contributed by atoms with E-state index in [0.29, 0.717) is 11.6 Å². The van der Waals surface area contributed by atoms with Crippen molar-refractivity contribution in [2.45, 2.75) is 31.4 Å². The summed E-state index contributed by atoms with van der Waals surface area (Å²) in [5, 5.41) is 9.97. The van der Waals surface area contributed by atoms with Gasteiger partial charge in [0.1, 0.15) is 0 Å². The Labute approximate surface area is 119 Å². The number of amides is 1. The van der Waals surface area contributed by atoms with Gasteiger partial charge < -0.3 is 10.0 Å². The minimum absolute atomic E-state index is 0.0824. The van der Waals surface area contributed by atoms with Gasteiger partial charge in [0.05, 0.1) is 6.10 Å². The molecule has 5 nitrogen and oxygen atoms in total. The molecule has 1 aliphatic heterocycles. The average molecular weight is 275 g/mol. The molecule has 1 aromatic rings. The number of pyridine rings is 1. The molecular formula is C15H21N3O2. The van der Waals surface area contributed by atoms with Crippen LogP contribution in [0.4, 0.5) is 0 Å². The van der Waals surface area contributed by atoms with Crippen LogP contribution < -0.4 is 0 Å². The number of aliphatic hydroxyl groups excluding tert-OH is 1. The van der Waals surface area contributed by atoms with Crippen molar-refractivity contribution in [1.29, 1.82) is 0 Å². The molecule has 2 atom stereocenters. The van der Waals surface area contributed by atoms with Crippen molar-refractivity contribution >= 4 is 5.91 Å². The summed E-state index contributed by atoms with van der Waals surface area (Å²) in [6, 6.07) is 3.82. The molecule has 3 rings (SSSR count). The molecule has 0 radical (unpaired) electrons. The highest BCUT2D eigenvalue weighted by Crippen LogP contribution is 2.25. The molecule has 2 heterocycles. The van der Waals surface area contributed by atoms with Crippen molar-refractivity contribution in [2.75, 3.05) is 26.2 Å². The maximum atomic E-state index is 12.3. The number of aromatic nitrogens is 1. The largest absolute Gasteiger partial charge is 0.391 e. The zero-order chi connectivity index (χ0) is 13.9. The van der Waals surface area contributed by atoms with Crippen molar-refractivity contribution < 1.29 is 9.90 Å². The fourth-order valence-electron chi connectivity index (χ4n) is 3.28. The van der Waals surface area contributed by atoms with Crippen LogP contribution in [0.25, 0.3) is 0 Å². The number of rotatable bonds is 2. The van der Waals surface area contributed by atoms with E-state index in [1.165, 1.54) is 0 Å². The first-order valence-electron chi connectivity index (χ1n) is 7.37. The van der Waals surface area contributed by atoms with E-state index in [1.807, 2.05) is 4.90 Å². The lowest BCUT2D eigenvalue weighted by Gasteiger charge is -2.39. The van der Waals surface area contributed by atoms with Gasteiger partial charge in [0.15, 0.2) is 0 Å². The summed E-state index contributed by atoms with van der Waals surface area (Å²) in [5.41, 5.74) is 0.703. The summed E-state index contributed by atoms with van der Waals surface area (Å²) in [4.78, 5) is 20.5. The lowest BCUT2D eigenvalue weighted by molar-refractivity contribution is 0.0315. The van der Waals surface area contributed by atoms with Crippen LogP contribution in [-0.2, 0) is 0 Å². The standard InChI is InChI=1S/C15H21N3O2/c19-14-3-1-2-13(14)17-8-10-18(11-9-17)15(20)12-4-6-16-7-5-12/h4-7,13-14,19H,1-3,8-11H2. The maximum absolute atomic E-state index is 12.3. The monoisotopic (exact) mass is 275 g/mol. The van der Waals surface area contributed by atoms with Gasteiger partial charge in [0.25, 0.3) is 5.91 Å². The lowest BCUT2D eigenvalue weighted by Crippen LogP contribution is -2.53. The van der Waals surface area contributed by atoms with Crippen LogP contribution in [0.5, 0.6) is 0 Å². The Balaban J connectivity index is 1.57. The van der Waals surface area contributed by atoms with E-state index in [4.69, 9.17) is 0 Å². The number of carbonyl (C=O) groups is 1. The first kappa shape index (κ1) is 13.5. The fraction of sp³-hybridized carbons (Fsp3) is 0.600. The second-order valence-electron chi connectivity index (χ2n) is 5.63. The van der Waals surface area contributed by atoms with E-state index in [-0.39, 0.29) is 12.0 Å². The maximum Gasteiger partial charge on any atom is 0.254 e. The predicted octanol–water partition coefficient (Wildman–Crippen LogP) is 0.753. The van der Waals surface area contributed by atoms with Crippen LogP contribution in [0, 0.1) is 0 Å². The summed E-state index contributed by atoms with van der Waals surface area (Å²) < 4.78 is 0. The first-order valence-corrected chi connectivity index (χ1v) is 7.37. The van der Waals surface area contributed by atoms with Gasteiger partial charge in [0.2, 0.25) is 0 Å². The van der Waals surface area contributed by atoms with Crippen LogP contribution in [0.2, 0.25) is 0 Å². The zero-order valence-electron chi connectivity index (χ0n) is 11.6. The number of hydrogen-bond donors (Lipinski definition) is 1. The zero-order valence-corrected chi connectivity index (χ0v) is 11.6. The molecule has 1 aliphatic carbocycles. The van der Waals surface area contributed by atoms with Gasteiger partial charge in [0, 0.05) is 50.2 Å². The molecule has 0 aromatic carbocycles. The molecule has 1 N–H and O–H groups in total. The molecular weight excluding hydrogens is 254 g/mol. The molecule has 20 heavy (non-hydrogen) atoms. The van der Waals surface area contributed by atoms with Gasteiger partial charge in [-0.2, -0.15) is 0 Å². The Hall–Kier alpha value is -1.46. The van der Waals surface area contributed by atoms with Gasteiger partial charge in [-0.15, -0.1) is 0 Å². The van der Waals surface area contributed by atoms with Gasteiger partial charge in [-0.25, -0.2) is 0 Å². The second-order valence-corrected chi connectivity index (χ2v) is 5.63. The number of piperazine rings is 1. The Morgan fingerprint density at radius 1 is 1.15 bits per heavy atom. The SMILES string of the molecule is O=C(c1ccncc1)N1CCN(C2CCCC2O)CC1. The Morgan fingerprint density at radius 3 is 2.45 bits per heavy atom. The van der Waals surface area contributed by atoms with Crippen LogP contribution in [0.1, 0.15) is 29.6 Å². The summed E-state index contributed by atoms with van der Waals surface area (Å²) in [7, 11) is 0. The van der Waals surface area contributed by atoms with E-state index in [9.17, 15) is 9.90 Å². The summed E-state index contributed by atoms with van der Waals surface area (Å²) >= 11 is 0. The minimum atomic E-state index is -0.183. The first-order chi connectivity index (χ1) is 9.75. The third kappa shape index (κ3) is 2.69. The predicted molar refractivity (Wildman–Crippen MR) is 75.4 cm³/mol. The van der Waals surface area contributed by atoms with Crippen molar-refractivity contribution in [3.8, 4) is 0 Å². The van der Waals surface area contributed by atoms with Gasteiger partial charge in [-0.3, -0.25) is 14.7 Å². The van der Waals surface area contributed by atoms with E-state index in [1.54, 1.807) is 24.5 Å². The molecule has 1 amide bonds. The average Bonchev–Trinajstić information content (AvgIpc) is 2.94. The van der Waals surface area contributed by atoms with Crippen LogP contribution in [0.15, 0.2) is 24.5 Å². The van der Waals surface area contributed by atoms with Crippen molar-refractivity contribution in [3.05, 3.63) is 30.1 Å². The number of aliphatic hydroxyl groups is 1. The number of nitrogens with zero attached hydrogens (tertiary/aromatic N) is 3. The van der Waals surface area contributed by atoms with Crippen LogP contribution in [0.3, 0.4) is 0 Å². The highest BCUT2D eigenvalue weighted by atomic mass is 16.3. The topological polar surface area (TPSA) is 56.7 Å². The Kier molecular flexibility index (Phi) is 3.98. The Morgan fingerprint density at radius 2 is 1.85 bits per heavy atom. The molecule has 1 saturated heterocycles. The molecule has 0 spiro atoms. The Bertz CT molecular complexity index is 457. The normalized spacial score (nSPS) is 27.8. The third-order valence-corrected chi connectivity index (χ3v) is 4.44. The van der Waals surface area contributed by atoms with E-state index in [2.05, 4.69) is 9.88 Å². The number of carbonyl (C=O) groups excluding carboxylic acids is 1. The molecule has 0 bridgehead atoms. The molecule has 2 unspecified atom stereocenters. The van der Waals surface area contributed by atoms with E-state index < -0.39 is 0 Å². The fourth-order valence-corrected chi connectivity index (χ4v) is 3.28. The van der Waals surface area contributed by atoms with Crippen molar-refractivity contribution in [2.24, 2.45) is 0 Å². The molecule has 108 valence electrons. The summed E-state index contributed by atoms with van der Waals surface area (Å²) in [6.07, 6.45) is 6.23. The van der Waals surface area contributed by atoms with Crippen molar-refractivity contribution in [3.63, 3.8) is 0 Å². The molecule has 2 aliphatic rings. The third-order valence-electron chi connectivity index (χ3n) is 4.44. The van der Waals surface area contributed by atoms with Crippen LogP contribution in [-0.4, -0.2) is 64.1 Å². The van der Waals surface area contributed by atoms with Crippen LogP contribution >= 0.6 is 0 Å².